The Morgan fingerprint density at radius 3 is 2.00 bits per heavy atom. The summed E-state index contributed by atoms with van der Waals surface area (Å²) >= 11 is 0. The van der Waals surface area contributed by atoms with Crippen molar-refractivity contribution in [2.75, 3.05) is 38.8 Å². The van der Waals surface area contributed by atoms with Crippen LogP contribution in [0.4, 0.5) is 5.69 Å². The van der Waals surface area contributed by atoms with Gasteiger partial charge in [-0.05, 0) is 121 Å². The SMILES string of the molecule is CCOc1cccc(-c2cc(OCCCCCCc3cccc(OCCCC(=O)O)c3CCC(=O)O)cc(-c3ccc(N(C)C)cc3)c2)c1. The monoisotopic (exact) mass is 667 g/mol. The Labute approximate surface area is 290 Å². The standard InChI is InChI=1S/C41H49NO7/c1-4-47-36-15-9-14-32(27-36)34-26-33(30-18-20-35(21-19-30)42(2)3)28-37(29-34)48-24-8-6-5-7-12-31-13-10-16-39(38(31)22-23-41(45)46)49-25-11-17-40(43)44/h9-10,13-16,18-21,26-29H,4-8,11-12,17,22-25H2,1-3H3,(H,43,44)(H,45,46). The highest BCUT2D eigenvalue weighted by molar-refractivity contribution is 5.76. The minimum Gasteiger partial charge on any atom is -0.494 e. The van der Waals surface area contributed by atoms with Crippen LogP contribution in [-0.4, -0.2) is 56.1 Å². The van der Waals surface area contributed by atoms with Crippen molar-refractivity contribution in [3.63, 3.8) is 0 Å². The summed E-state index contributed by atoms with van der Waals surface area (Å²) in [5.41, 5.74) is 7.48. The summed E-state index contributed by atoms with van der Waals surface area (Å²) in [6.07, 6.45) is 5.54. The molecule has 0 bridgehead atoms. The van der Waals surface area contributed by atoms with E-state index in [0.29, 0.717) is 31.8 Å². The van der Waals surface area contributed by atoms with Crippen LogP contribution in [0.25, 0.3) is 22.3 Å². The first-order valence-corrected chi connectivity index (χ1v) is 17.2. The van der Waals surface area contributed by atoms with E-state index in [1.807, 2.05) is 51.4 Å². The van der Waals surface area contributed by atoms with E-state index in [-0.39, 0.29) is 19.4 Å². The normalized spacial score (nSPS) is 10.8. The number of carboxylic acids is 2. The van der Waals surface area contributed by atoms with Crippen LogP contribution in [0.15, 0.2) is 84.9 Å². The first-order valence-electron chi connectivity index (χ1n) is 17.2. The molecule has 4 rings (SSSR count). The number of rotatable bonds is 21. The van der Waals surface area contributed by atoms with Crippen LogP contribution in [0.1, 0.15) is 63.0 Å². The average Bonchev–Trinajstić information content (AvgIpc) is 3.09. The molecule has 0 heterocycles. The van der Waals surface area contributed by atoms with Crippen LogP contribution in [-0.2, 0) is 22.4 Å². The van der Waals surface area contributed by atoms with Gasteiger partial charge in [0.15, 0.2) is 0 Å². The summed E-state index contributed by atoms with van der Waals surface area (Å²) in [6, 6.07) is 28.9. The highest BCUT2D eigenvalue weighted by Gasteiger charge is 2.13. The zero-order chi connectivity index (χ0) is 35.0. The fourth-order valence-corrected chi connectivity index (χ4v) is 5.76. The number of benzene rings is 4. The van der Waals surface area contributed by atoms with Gasteiger partial charge in [-0.3, -0.25) is 9.59 Å². The van der Waals surface area contributed by atoms with E-state index in [2.05, 4.69) is 59.5 Å². The smallest absolute Gasteiger partial charge is 0.303 e. The number of hydrogen-bond acceptors (Lipinski definition) is 6. The molecule has 0 spiro atoms. The minimum atomic E-state index is -0.859. The van der Waals surface area contributed by atoms with Crippen LogP contribution in [0.3, 0.4) is 0 Å². The lowest BCUT2D eigenvalue weighted by Crippen LogP contribution is -2.07. The van der Waals surface area contributed by atoms with Gasteiger partial charge in [0.05, 0.1) is 19.8 Å². The van der Waals surface area contributed by atoms with Gasteiger partial charge >= 0.3 is 11.9 Å². The zero-order valence-corrected chi connectivity index (χ0v) is 29.0. The number of nitrogens with zero attached hydrogens (tertiary/aromatic N) is 1. The maximum Gasteiger partial charge on any atom is 0.303 e. The molecular formula is C41H49NO7. The van der Waals surface area contributed by atoms with Gasteiger partial charge in [-0.1, -0.05) is 49.2 Å². The predicted octanol–water partition coefficient (Wildman–Crippen LogP) is 8.93. The van der Waals surface area contributed by atoms with Crippen LogP contribution in [0, 0.1) is 0 Å². The lowest BCUT2D eigenvalue weighted by atomic mass is 9.97. The predicted molar refractivity (Wildman–Crippen MR) is 195 cm³/mol. The molecule has 0 fully saturated rings. The van der Waals surface area contributed by atoms with Gasteiger partial charge in [-0.15, -0.1) is 0 Å². The van der Waals surface area contributed by atoms with E-state index in [4.69, 9.17) is 19.3 Å². The fourth-order valence-electron chi connectivity index (χ4n) is 5.76. The summed E-state index contributed by atoms with van der Waals surface area (Å²) in [5, 5.41) is 18.2. The Hall–Kier alpha value is -4.98. The molecule has 8 heteroatoms. The largest absolute Gasteiger partial charge is 0.494 e. The zero-order valence-electron chi connectivity index (χ0n) is 29.0. The number of aliphatic carboxylic acids is 2. The maximum atomic E-state index is 11.3. The Morgan fingerprint density at radius 1 is 0.612 bits per heavy atom. The molecule has 8 nitrogen and oxygen atoms in total. The number of carboxylic acid groups (broad SMARTS) is 2. The second-order valence-corrected chi connectivity index (χ2v) is 12.3. The van der Waals surface area contributed by atoms with Crippen LogP contribution >= 0.6 is 0 Å². The Bertz CT molecular complexity index is 1650. The molecule has 0 atom stereocenters. The third kappa shape index (κ3) is 11.9. The Morgan fingerprint density at radius 2 is 1.29 bits per heavy atom. The van der Waals surface area contributed by atoms with E-state index >= 15 is 0 Å². The van der Waals surface area contributed by atoms with Crippen LogP contribution in [0.5, 0.6) is 17.2 Å². The number of carbonyl (C=O) groups is 2. The molecule has 4 aromatic carbocycles. The molecule has 0 aliphatic carbocycles. The maximum absolute atomic E-state index is 11.3. The van der Waals surface area contributed by atoms with E-state index < -0.39 is 11.9 Å². The van der Waals surface area contributed by atoms with Crippen LogP contribution < -0.4 is 19.1 Å². The van der Waals surface area contributed by atoms with E-state index in [1.54, 1.807) is 0 Å². The highest BCUT2D eigenvalue weighted by atomic mass is 16.5. The lowest BCUT2D eigenvalue weighted by molar-refractivity contribution is -0.138. The van der Waals surface area contributed by atoms with Gasteiger partial charge in [-0.2, -0.15) is 0 Å². The number of unbranched alkanes of at least 4 members (excludes halogenated alkanes) is 3. The van der Waals surface area contributed by atoms with Crippen molar-refractivity contribution in [1.29, 1.82) is 0 Å². The van der Waals surface area contributed by atoms with Gasteiger partial charge in [-0.25, -0.2) is 0 Å². The minimum absolute atomic E-state index is 0.0160. The molecule has 0 aromatic heterocycles. The molecule has 2 N–H and O–H groups in total. The molecule has 0 amide bonds. The molecule has 0 aliphatic heterocycles. The number of ether oxygens (including phenoxy) is 3. The fraction of sp³-hybridized carbons (Fsp3) is 0.366. The van der Waals surface area contributed by atoms with Crippen molar-refractivity contribution in [1.82, 2.24) is 0 Å². The second kappa shape index (κ2) is 19.1. The number of anilines is 1. The van der Waals surface area contributed by atoms with Crippen molar-refractivity contribution < 1.29 is 34.0 Å². The molecule has 4 aromatic rings. The highest BCUT2D eigenvalue weighted by Crippen LogP contribution is 2.34. The molecule has 0 saturated heterocycles. The Kier molecular flexibility index (Phi) is 14.4. The second-order valence-electron chi connectivity index (χ2n) is 12.3. The van der Waals surface area contributed by atoms with Gasteiger partial charge in [0.25, 0.3) is 0 Å². The number of aryl methyl sites for hydroxylation is 1. The third-order valence-corrected chi connectivity index (χ3v) is 8.32. The lowest BCUT2D eigenvalue weighted by Gasteiger charge is -2.16. The van der Waals surface area contributed by atoms with Crippen molar-refractivity contribution >= 4 is 17.6 Å². The van der Waals surface area contributed by atoms with Gasteiger partial charge in [0.2, 0.25) is 0 Å². The van der Waals surface area contributed by atoms with Crippen molar-refractivity contribution in [3.05, 3.63) is 96.1 Å². The first kappa shape index (κ1) is 36.8. The quantitative estimate of drug-likeness (QED) is 0.0849. The summed E-state index contributed by atoms with van der Waals surface area (Å²) in [6.45, 7) is 3.48. The van der Waals surface area contributed by atoms with E-state index in [1.165, 1.54) is 0 Å². The van der Waals surface area contributed by atoms with E-state index in [0.717, 1.165) is 82.7 Å². The average molecular weight is 668 g/mol. The molecule has 0 aliphatic rings. The van der Waals surface area contributed by atoms with Gasteiger partial charge in [0, 0.05) is 32.6 Å². The van der Waals surface area contributed by atoms with Crippen molar-refractivity contribution in [3.8, 4) is 39.5 Å². The molecule has 0 radical (unpaired) electrons. The Balaban J connectivity index is 1.36. The summed E-state index contributed by atoms with van der Waals surface area (Å²) in [5.74, 6) is 0.603. The summed E-state index contributed by atoms with van der Waals surface area (Å²) in [4.78, 5) is 24.3. The topological polar surface area (TPSA) is 106 Å². The molecule has 260 valence electrons. The third-order valence-electron chi connectivity index (χ3n) is 8.32. The van der Waals surface area contributed by atoms with Gasteiger partial charge in [0.1, 0.15) is 17.2 Å². The molecule has 0 saturated carbocycles. The first-order chi connectivity index (χ1) is 23.7. The molecule has 0 unspecified atom stereocenters. The summed E-state index contributed by atoms with van der Waals surface area (Å²) in [7, 11) is 4.07. The van der Waals surface area contributed by atoms with Crippen molar-refractivity contribution in [2.24, 2.45) is 0 Å². The van der Waals surface area contributed by atoms with Gasteiger partial charge < -0.3 is 29.3 Å². The van der Waals surface area contributed by atoms with Crippen LogP contribution in [0.2, 0.25) is 0 Å². The molecule has 49 heavy (non-hydrogen) atoms. The summed E-state index contributed by atoms with van der Waals surface area (Å²) < 4.78 is 18.0. The van der Waals surface area contributed by atoms with Crippen molar-refractivity contribution in [2.45, 2.75) is 64.7 Å². The number of hydrogen-bond donors (Lipinski definition) is 2. The van der Waals surface area contributed by atoms with E-state index in [9.17, 15) is 14.7 Å². The molecular weight excluding hydrogens is 618 g/mol.